The van der Waals surface area contributed by atoms with E-state index in [4.69, 9.17) is 5.73 Å². The number of halogens is 1. The second-order valence-corrected chi connectivity index (χ2v) is 4.79. The van der Waals surface area contributed by atoms with Crippen molar-refractivity contribution in [3.8, 4) is 17.1 Å². The Labute approximate surface area is 110 Å². The molecule has 19 heavy (non-hydrogen) atoms. The summed E-state index contributed by atoms with van der Waals surface area (Å²) >= 11 is 0. The number of aryl methyl sites for hydroxylation is 1. The molecule has 1 unspecified atom stereocenters. The summed E-state index contributed by atoms with van der Waals surface area (Å²) in [4.78, 5) is 8.67. The van der Waals surface area contributed by atoms with E-state index < -0.39 is 5.82 Å². The topological polar surface area (TPSA) is 72.0 Å². The normalized spacial score (nSPS) is 18.1. The zero-order chi connectivity index (χ0) is 13.4. The number of fused-ring (bicyclic) bond motifs is 1. The molecule has 0 aliphatic heterocycles. The van der Waals surface area contributed by atoms with Gasteiger partial charge >= 0.3 is 0 Å². The van der Waals surface area contributed by atoms with Crippen molar-refractivity contribution in [2.75, 3.05) is 0 Å². The lowest BCUT2D eigenvalue weighted by molar-refractivity contribution is 0.469. The van der Waals surface area contributed by atoms with Crippen LogP contribution in [0.25, 0.3) is 11.4 Å². The van der Waals surface area contributed by atoms with Gasteiger partial charge in [-0.1, -0.05) is 0 Å². The molecule has 4 nitrogen and oxygen atoms in total. The van der Waals surface area contributed by atoms with Crippen molar-refractivity contribution in [2.45, 2.75) is 25.3 Å². The Kier molecular flexibility index (Phi) is 2.91. The van der Waals surface area contributed by atoms with E-state index in [-0.39, 0.29) is 11.8 Å². The number of rotatable bonds is 1. The lowest BCUT2D eigenvalue weighted by atomic mass is 9.93. The van der Waals surface area contributed by atoms with E-state index in [9.17, 15) is 9.50 Å². The van der Waals surface area contributed by atoms with Crippen molar-refractivity contribution in [2.24, 2.45) is 5.73 Å². The van der Waals surface area contributed by atoms with Gasteiger partial charge in [-0.05, 0) is 31.4 Å². The molecule has 3 N–H and O–H groups in total. The van der Waals surface area contributed by atoms with Gasteiger partial charge in [0.2, 0.25) is 0 Å². The molecule has 2 aromatic rings. The van der Waals surface area contributed by atoms with Crippen molar-refractivity contribution < 1.29 is 9.50 Å². The van der Waals surface area contributed by atoms with Crippen LogP contribution >= 0.6 is 0 Å². The third kappa shape index (κ3) is 2.29. The first kappa shape index (κ1) is 12.0. The zero-order valence-electron chi connectivity index (χ0n) is 10.3. The van der Waals surface area contributed by atoms with Crippen LogP contribution in [0, 0.1) is 5.82 Å². The third-order valence-corrected chi connectivity index (χ3v) is 3.37. The smallest absolute Gasteiger partial charge is 0.159 e. The first-order valence-corrected chi connectivity index (χ1v) is 6.25. The van der Waals surface area contributed by atoms with Gasteiger partial charge in [-0.15, -0.1) is 0 Å². The van der Waals surface area contributed by atoms with Crippen LogP contribution < -0.4 is 5.73 Å². The van der Waals surface area contributed by atoms with Crippen molar-refractivity contribution in [3.63, 3.8) is 0 Å². The minimum atomic E-state index is -0.506. The molecule has 0 saturated carbocycles. The summed E-state index contributed by atoms with van der Waals surface area (Å²) in [7, 11) is 0. The van der Waals surface area contributed by atoms with Crippen LogP contribution in [0.2, 0.25) is 0 Å². The van der Waals surface area contributed by atoms with Gasteiger partial charge in [-0.2, -0.15) is 0 Å². The van der Waals surface area contributed by atoms with Gasteiger partial charge in [-0.25, -0.2) is 14.4 Å². The predicted molar refractivity (Wildman–Crippen MR) is 69.0 cm³/mol. The van der Waals surface area contributed by atoms with Crippen molar-refractivity contribution >= 4 is 0 Å². The minimum absolute atomic E-state index is 0.0151. The number of aromatic hydroxyl groups is 1. The molecular formula is C14H14FN3O. The molecule has 0 radical (unpaired) electrons. The highest BCUT2D eigenvalue weighted by Gasteiger charge is 2.19. The van der Waals surface area contributed by atoms with E-state index in [2.05, 4.69) is 9.97 Å². The first-order chi connectivity index (χ1) is 9.13. The van der Waals surface area contributed by atoms with Crippen LogP contribution in [0.3, 0.4) is 0 Å². The highest BCUT2D eigenvalue weighted by molar-refractivity contribution is 5.58. The Hall–Kier alpha value is -2.01. The van der Waals surface area contributed by atoms with Crippen LogP contribution in [-0.4, -0.2) is 15.1 Å². The highest BCUT2D eigenvalue weighted by Crippen LogP contribution is 2.28. The van der Waals surface area contributed by atoms with Gasteiger partial charge in [0.1, 0.15) is 11.6 Å². The SMILES string of the molecule is NC1CCCc2nc(-c3cc(O)cc(F)c3)ncc21. The van der Waals surface area contributed by atoms with Crippen molar-refractivity contribution in [3.05, 3.63) is 41.5 Å². The fourth-order valence-electron chi connectivity index (χ4n) is 2.42. The first-order valence-electron chi connectivity index (χ1n) is 6.25. The fraction of sp³-hybridized carbons (Fsp3) is 0.286. The van der Waals surface area contributed by atoms with Crippen molar-refractivity contribution in [1.82, 2.24) is 9.97 Å². The molecule has 1 atom stereocenters. The van der Waals surface area contributed by atoms with Gasteiger partial charge in [0.25, 0.3) is 0 Å². The molecular weight excluding hydrogens is 245 g/mol. The molecule has 1 aromatic heterocycles. The maximum absolute atomic E-state index is 13.3. The zero-order valence-corrected chi connectivity index (χ0v) is 10.3. The highest BCUT2D eigenvalue weighted by atomic mass is 19.1. The lowest BCUT2D eigenvalue weighted by Crippen LogP contribution is -2.19. The van der Waals surface area contributed by atoms with Gasteiger partial charge in [0.15, 0.2) is 5.82 Å². The summed E-state index contributed by atoms with van der Waals surface area (Å²) in [6.45, 7) is 0. The van der Waals surface area contributed by atoms with Crippen LogP contribution in [-0.2, 0) is 6.42 Å². The maximum atomic E-state index is 13.3. The van der Waals surface area contributed by atoms with Gasteiger partial charge in [0, 0.05) is 35.1 Å². The Morgan fingerprint density at radius 2 is 2.16 bits per heavy atom. The Morgan fingerprint density at radius 1 is 1.32 bits per heavy atom. The average molecular weight is 259 g/mol. The second kappa shape index (κ2) is 4.59. The van der Waals surface area contributed by atoms with Crippen LogP contribution in [0.15, 0.2) is 24.4 Å². The summed E-state index contributed by atoms with van der Waals surface area (Å²) < 4.78 is 13.3. The molecule has 1 heterocycles. The third-order valence-electron chi connectivity index (χ3n) is 3.37. The Balaban J connectivity index is 2.06. The monoisotopic (exact) mass is 259 g/mol. The molecule has 3 rings (SSSR count). The van der Waals surface area contributed by atoms with Crippen LogP contribution in [0.4, 0.5) is 4.39 Å². The number of benzene rings is 1. The van der Waals surface area contributed by atoms with Crippen LogP contribution in [0.1, 0.15) is 30.1 Å². The summed E-state index contributed by atoms with van der Waals surface area (Å²) in [6, 6.07) is 3.80. The van der Waals surface area contributed by atoms with E-state index in [0.29, 0.717) is 11.4 Å². The number of phenols is 1. The molecule has 98 valence electrons. The number of nitrogens with two attached hydrogens (primary N) is 1. The molecule has 1 aliphatic rings. The standard InChI is InChI=1S/C14H14FN3O/c15-9-4-8(5-10(19)6-9)14-17-7-11-12(16)2-1-3-13(11)18-14/h4-7,12,19H,1-3,16H2. The molecule has 5 heteroatoms. The largest absolute Gasteiger partial charge is 0.508 e. The number of hydrogen-bond acceptors (Lipinski definition) is 4. The van der Waals surface area contributed by atoms with E-state index in [1.807, 2.05) is 0 Å². The summed E-state index contributed by atoms with van der Waals surface area (Å²) in [5.74, 6) is -0.219. The van der Waals surface area contributed by atoms with Crippen LogP contribution in [0.5, 0.6) is 5.75 Å². The molecule has 1 aromatic carbocycles. The molecule has 1 aliphatic carbocycles. The fourth-order valence-corrected chi connectivity index (χ4v) is 2.42. The quantitative estimate of drug-likeness (QED) is 0.824. The van der Waals surface area contributed by atoms with E-state index in [1.54, 1.807) is 6.20 Å². The molecule has 0 spiro atoms. The summed E-state index contributed by atoms with van der Waals surface area (Å²) in [5.41, 5.74) is 8.37. The van der Waals surface area contributed by atoms with Gasteiger partial charge in [-0.3, -0.25) is 0 Å². The number of phenolic OH excluding ortho intramolecular Hbond substituents is 1. The second-order valence-electron chi connectivity index (χ2n) is 4.79. The summed E-state index contributed by atoms with van der Waals surface area (Å²) in [5, 5.41) is 9.42. The van der Waals surface area contributed by atoms with Gasteiger partial charge < -0.3 is 10.8 Å². The van der Waals surface area contributed by atoms with E-state index in [1.165, 1.54) is 12.1 Å². The number of nitrogens with zero attached hydrogens (tertiary/aromatic N) is 2. The molecule has 0 bridgehead atoms. The van der Waals surface area contributed by atoms with E-state index in [0.717, 1.165) is 36.6 Å². The predicted octanol–water partition coefficient (Wildman–Crippen LogP) is 2.32. The molecule has 0 saturated heterocycles. The minimum Gasteiger partial charge on any atom is -0.508 e. The Bertz CT molecular complexity index is 610. The van der Waals surface area contributed by atoms with E-state index >= 15 is 0 Å². The molecule has 0 fully saturated rings. The average Bonchev–Trinajstić information content (AvgIpc) is 2.37. The maximum Gasteiger partial charge on any atom is 0.159 e. The van der Waals surface area contributed by atoms with Gasteiger partial charge in [0.05, 0.1) is 0 Å². The van der Waals surface area contributed by atoms with Crippen molar-refractivity contribution in [1.29, 1.82) is 0 Å². The number of hydrogen-bond donors (Lipinski definition) is 2. The Morgan fingerprint density at radius 3 is 2.95 bits per heavy atom. The summed E-state index contributed by atoms with van der Waals surface area (Å²) in [6.07, 6.45) is 4.51. The lowest BCUT2D eigenvalue weighted by Gasteiger charge is -2.21. The number of aromatic nitrogens is 2. The molecule has 0 amide bonds.